The van der Waals surface area contributed by atoms with Crippen molar-refractivity contribution < 1.29 is 0 Å². The van der Waals surface area contributed by atoms with E-state index in [1.165, 1.54) is 24.8 Å². The van der Waals surface area contributed by atoms with Gasteiger partial charge >= 0.3 is 0 Å². The monoisotopic (exact) mass is 219 g/mol. The van der Waals surface area contributed by atoms with E-state index >= 15 is 0 Å². The highest BCUT2D eigenvalue weighted by molar-refractivity contribution is 7.07. The second-order valence-corrected chi connectivity index (χ2v) is 3.80. The smallest absolute Gasteiger partial charge is 0.0213 e. The number of rotatable bonds is 6. The summed E-state index contributed by atoms with van der Waals surface area (Å²) in [4.78, 5) is 0. The van der Waals surface area contributed by atoms with Gasteiger partial charge in [-0.2, -0.15) is 11.3 Å². The Kier molecular flexibility index (Phi) is 8.51. The molecule has 1 rings (SSSR count). The third-order valence-corrected chi connectivity index (χ3v) is 2.60. The summed E-state index contributed by atoms with van der Waals surface area (Å²) in [6.07, 6.45) is 3.96. The van der Waals surface area contributed by atoms with Crippen molar-refractivity contribution in [2.45, 2.75) is 32.7 Å². The molecule has 0 unspecified atom stereocenters. The molecule has 1 nitrogen and oxygen atoms in total. The summed E-state index contributed by atoms with van der Waals surface area (Å²) in [5.74, 6) is 0. The van der Waals surface area contributed by atoms with Crippen molar-refractivity contribution in [1.29, 1.82) is 0 Å². The Morgan fingerprint density at radius 2 is 2.23 bits per heavy atom. The maximum atomic E-state index is 3.43. The molecule has 0 atom stereocenters. The summed E-state index contributed by atoms with van der Waals surface area (Å²) >= 11 is 1.77. The van der Waals surface area contributed by atoms with Crippen LogP contribution in [0.15, 0.2) is 16.8 Å². The van der Waals surface area contributed by atoms with Crippen LogP contribution in [0.25, 0.3) is 0 Å². The zero-order valence-electron chi connectivity index (χ0n) is 8.08. The summed E-state index contributed by atoms with van der Waals surface area (Å²) < 4.78 is 0. The Labute approximate surface area is 91.0 Å². The Morgan fingerprint density at radius 1 is 1.38 bits per heavy atom. The molecular formula is C10H18ClNS. The van der Waals surface area contributed by atoms with Gasteiger partial charge in [-0.15, -0.1) is 12.4 Å². The zero-order chi connectivity index (χ0) is 8.65. The molecular weight excluding hydrogens is 202 g/mol. The van der Waals surface area contributed by atoms with E-state index < -0.39 is 0 Å². The fourth-order valence-electron chi connectivity index (χ4n) is 1.13. The number of hydrogen-bond donors (Lipinski definition) is 1. The first-order valence-corrected chi connectivity index (χ1v) is 5.59. The number of nitrogens with one attached hydrogen (secondary N) is 1. The van der Waals surface area contributed by atoms with Crippen LogP contribution in [-0.4, -0.2) is 6.54 Å². The van der Waals surface area contributed by atoms with E-state index in [9.17, 15) is 0 Å². The van der Waals surface area contributed by atoms with Crippen LogP contribution in [0.1, 0.15) is 31.7 Å². The van der Waals surface area contributed by atoms with Gasteiger partial charge in [0, 0.05) is 6.54 Å². The van der Waals surface area contributed by atoms with Gasteiger partial charge in [-0.1, -0.05) is 19.8 Å². The average Bonchev–Trinajstić information content (AvgIpc) is 2.57. The van der Waals surface area contributed by atoms with Gasteiger partial charge in [0.05, 0.1) is 0 Å². The lowest BCUT2D eigenvalue weighted by molar-refractivity contribution is 0.617. The average molecular weight is 220 g/mol. The molecule has 0 saturated carbocycles. The van der Waals surface area contributed by atoms with E-state index in [2.05, 4.69) is 29.1 Å². The minimum atomic E-state index is 0. The maximum absolute atomic E-state index is 3.43. The summed E-state index contributed by atoms with van der Waals surface area (Å²) in [5, 5.41) is 7.76. The molecule has 0 spiro atoms. The molecule has 0 radical (unpaired) electrons. The second kappa shape index (κ2) is 8.54. The summed E-state index contributed by atoms with van der Waals surface area (Å²) in [5.41, 5.74) is 1.41. The number of thiophene rings is 1. The Morgan fingerprint density at radius 3 is 2.85 bits per heavy atom. The van der Waals surface area contributed by atoms with Crippen LogP contribution in [0.5, 0.6) is 0 Å². The summed E-state index contributed by atoms with van der Waals surface area (Å²) in [6.45, 7) is 4.43. The molecule has 0 fully saturated rings. The normalized spacial score (nSPS) is 9.62. The Hall–Kier alpha value is -0.0500. The van der Waals surface area contributed by atoms with E-state index in [1.807, 2.05) is 0 Å². The number of halogens is 1. The van der Waals surface area contributed by atoms with Gasteiger partial charge in [0.2, 0.25) is 0 Å². The van der Waals surface area contributed by atoms with Crippen LogP contribution >= 0.6 is 23.7 Å². The molecule has 1 aromatic heterocycles. The van der Waals surface area contributed by atoms with Crippen LogP contribution in [0.2, 0.25) is 0 Å². The third-order valence-electron chi connectivity index (χ3n) is 1.87. The molecule has 0 aromatic carbocycles. The van der Waals surface area contributed by atoms with Crippen LogP contribution in [0, 0.1) is 0 Å². The molecule has 0 aliphatic rings. The van der Waals surface area contributed by atoms with Crippen molar-refractivity contribution in [3.05, 3.63) is 22.4 Å². The van der Waals surface area contributed by atoms with Gasteiger partial charge in [0.15, 0.2) is 0 Å². The molecule has 1 aromatic rings. The van der Waals surface area contributed by atoms with E-state index in [-0.39, 0.29) is 12.4 Å². The molecule has 0 saturated heterocycles. The predicted octanol–water partition coefficient (Wildman–Crippen LogP) is 3.45. The van der Waals surface area contributed by atoms with Gasteiger partial charge in [0.1, 0.15) is 0 Å². The van der Waals surface area contributed by atoms with E-state index in [4.69, 9.17) is 0 Å². The topological polar surface area (TPSA) is 12.0 Å². The first-order valence-electron chi connectivity index (χ1n) is 4.65. The first kappa shape index (κ1) is 12.9. The maximum Gasteiger partial charge on any atom is 0.0213 e. The van der Waals surface area contributed by atoms with Gasteiger partial charge in [-0.05, 0) is 35.4 Å². The molecule has 0 amide bonds. The molecule has 1 heterocycles. The van der Waals surface area contributed by atoms with E-state index in [0.29, 0.717) is 0 Å². The van der Waals surface area contributed by atoms with E-state index in [0.717, 1.165) is 13.1 Å². The van der Waals surface area contributed by atoms with Gasteiger partial charge < -0.3 is 5.32 Å². The molecule has 0 bridgehead atoms. The van der Waals surface area contributed by atoms with Crippen molar-refractivity contribution in [1.82, 2.24) is 5.32 Å². The second-order valence-electron chi connectivity index (χ2n) is 3.02. The van der Waals surface area contributed by atoms with Crippen LogP contribution < -0.4 is 5.32 Å². The van der Waals surface area contributed by atoms with Crippen molar-refractivity contribution in [3.63, 3.8) is 0 Å². The summed E-state index contributed by atoms with van der Waals surface area (Å²) in [7, 11) is 0. The van der Waals surface area contributed by atoms with Crippen LogP contribution in [0.4, 0.5) is 0 Å². The van der Waals surface area contributed by atoms with Crippen LogP contribution in [0.3, 0.4) is 0 Å². The standard InChI is InChI=1S/C10H17NS.ClH/c1-2-3-4-6-11-8-10-5-7-12-9-10;/h5,7,9,11H,2-4,6,8H2,1H3;1H. The van der Waals surface area contributed by atoms with Crippen LogP contribution in [-0.2, 0) is 6.54 Å². The molecule has 1 N–H and O–H groups in total. The largest absolute Gasteiger partial charge is 0.313 e. The lowest BCUT2D eigenvalue weighted by Crippen LogP contribution is -2.13. The minimum Gasteiger partial charge on any atom is -0.313 e. The summed E-state index contributed by atoms with van der Waals surface area (Å²) in [6, 6.07) is 2.18. The SMILES string of the molecule is CCCCCNCc1ccsc1.Cl. The third kappa shape index (κ3) is 6.08. The quantitative estimate of drug-likeness (QED) is 0.723. The predicted molar refractivity (Wildman–Crippen MR) is 62.8 cm³/mol. The molecule has 3 heteroatoms. The highest BCUT2D eigenvalue weighted by Crippen LogP contribution is 2.04. The van der Waals surface area contributed by atoms with Crippen molar-refractivity contribution in [2.24, 2.45) is 0 Å². The van der Waals surface area contributed by atoms with Crippen molar-refractivity contribution in [2.75, 3.05) is 6.54 Å². The fourth-order valence-corrected chi connectivity index (χ4v) is 1.79. The van der Waals surface area contributed by atoms with Gasteiger partial charge in [-0.25, -0.2) is 0 Å². The molecule has 0 aliphatic carbocycles. The molecule has 13 heavy (non-hydrogen) atoms. The lowest BCUT2D eigenvalue weighted by Gasteiger charge is -2.01. The Balaban J connectivity index is 0.00000144. The first-order chi connectivity index (χ1) is 5.93. The van der Waals surface area contributed by atoms with Gasteiger partial charge in [-0.3, -0.25) is 0 Å². The molecule has 0 aliphatic heterocycles. The molecule has 76 valence electrons. The van der Waals surface area contributed by atoms with Crippen molar-refractivity contribution in [3.8, 4) is 0 Å². The van der Waals surface area contributed by atoms with E-state index in [1.54, 1.807) is 11.3 Å². The highest BCUT2D eigenvalue weighted by Gasteiger charge is 1.91. The highest BCUT2D eigenvalue weighted by atomic mass is 35.5. The lowest BCUT2D eigenvalue weighted by atomic mass is 10.2. The van der Waals surface area contributed by atoms with Gasteiger partial charge in [0.25, 0.3) is 0 Å². The minimum absolute atomic E-state index is 0. The van der Waals surface area contributed by atoms with Crippen molar-refractivity contribution >= 4 is 23.7 Å². The zero-order valence-corrected chi connectivity index (χ0v) is 9.72. The number of hydrogen-bond acceptors (Lipinski definition) is 2. The Bertz CT molecular complexity index is 187. The number of unbranched alkanes of at least 4 members (excludes halogenated alkanes) is 2. The fraction of sp³-hybridized carbons (Fsp3) is 0.600.